The van der Waals surface area contributed by atoms with Gasteiger partial charge in [0.25, 0.3) is 10.0 Å². The van der Waals surface area contributed by atoms with Gasteiger partial charge in [0.15, 0.2) is 5.65 Å². The summed E-state index contributed by atoms with van der Waals surface area (Å²) in [7, 11) is -1.96. The van der Waals surface area contributed by atoms with E-state index >= 15 is 0 Å². The van der Waals surface area contributed by atoms with E-state index in [1.807, 2.05) is 19.4 Å². The van der Waals surface area contributed by atoms with Gasteiger partial charge in [-0.1, -0.05) is 18.2 Å². The number of aliphatic hydroxyl groups is 1. The lowest BCUT2D eigenvalue weighted by Crippen LogP contribution is -2.34. The lowest BCUT2D eigenvalue weighted by Gasteiger charge is -2.29. The van der Waals surface area contributed by atoms with Crippen LogP contribution in [0.3, 0.4) is 0 Å². The van der Waals surface area contributed by atoms with Gasteiger partial charge in [-0.25, -0.2) is 17.4 Å². The van der Waals surface area contributed by atoms with Crippen molar-refractivity contribution in [1.29, 1.82) is 0 Å². The van der Waals surface area contributed by atoms with Crippen LogP contribution in [0.4, 0.5) is 0 Å². The van der Waals surface area contributed by atoms with Gasteiger partial charge in [-0.15, -0.1) is 0 Å². The quantitative estimate of drug-likeness (QED) is 0.422. The Labute approximate surface area is 199 Å². The van der Waals surface area contributed by atoms with Crippen molar-refractivity contribution < 1.29 is 13.5 Å². The summed E-state index contributed by atoms with van der Waals surface area (Å²) in [6.07, 6.45) is 11.3. The van der Waals surface area contributed by atoms with Gasteiger partial charge in [0, 0.05) is 54.7 Å². The number of pyridine rings is 1. The summed E-state index contributed by atoms with van der Waals surface area (Å²) in [4.78, 5) is 4.90. The number of hydrogen-bond acceptors (Lipinski definition) is 6. The second kappa shape index (κ2) is 9.32. The van der Waals surface area contributed by atoms with Crippen LogP contribution in [0.5, 0.6) is 0 Å². The first kappa shape index (κ1) is 22.8. The molecule has 0 saturated heterocycles. The Kier molecular flexibility index (Phi) is 6.24. The lowest BCUT2D eigenvalue weighted by molar-refractivity contribution is 0.267. The van der Waals surface area contributed by atoms with Gasteiger partial charge in [-0.05, 0) is 55.4 Å². The SMILES string of the molecule is Cn1cc(-c2cn(S(=O)(=O)c3ccccc3)c3ncc(C4CCC(NCCO)CC4)cc23)cn1. The predicted molar refractivity (Wildman–Crippen MR) is 131 cm³/mol. The Morgan fingerprint density at radius 2 is 1.85 bits per heavy atom. The third-order valence-corrected chi connectivity index (χ3v) is 8.36. The van der Waals surface area contributed by atoms with Crippen molar-refractivity contribution >= 4 is 21.1 Å². The minimum Gasteiger partial charge on any atom is -0.395 e. The molecular formula is C25H29N5O3S. The number of aliphatic hydroxyl groups excluding tert-OH is 1. The normalized spacial score (nSPS) is 19.0. The standard InChI is InChI=1S/C25H29N5O3S/c1-29-16-20(15-28-29)24-17-30(34(32,33)22-5-3-2-4-6-22)25-23(24)13-19(14-27-25)18-7-9-21(10-8-18)26-11-12-31/h2-6,13-18,21,26,31H,7-12H2,1H3. The second-order valence-electron chi connectivity index (χ2n) is 8.93. The van der Waals surface area contributed by atoms with Gasteiger partial charge < -0.3 is 10.4 Å². The zero-order valence-electron chi connectivity index (χ0n) is 19.1. The molecule has 3 aromatic heterocycles. The van der Waals surface area contributed by atoms with Crippen molar-refractivity contribution in [3.05, 3.63) is 66.7 Å². The molecule has 178 valence electrons. The van der Waals surface area contributed by atoms with Crippen LogP contribution in [0.2, 0.25) is 0 Å². The zero-order chi connectivity index (χ0) is 23.7. The molecule has 0 bridgehead atoms. The molecule has 4 aromatic rings. The molecule has 2 N–H and O–H groups in total. The van der Waals surface area contributed by atoms with E-state index < -0.39 is 10.0 Å². The maximum Gasteiger partial charge on any atom is 0.269 e. The van der Waals surface area contributed by atoms with E-state index in [1.165, 1.54) is 3.97 Å². The number of hydrogen-bond donors (Lipinski definition) is 2. The van der Waals surface area contributed by atoms with Gasteiger partial charge in [0.2, 0.25) is 0 Å². The van der Waals surface area contributed by atoms with E-state index in [0.717, 1.165) is 47.8 Å². The summed E-state index contributed by atoms with van der Waals surface area (Å²) < 4.78 is 30.0. The maximum absolute atomic E-state index is 13.5. The molecule has 1 aliphatic rings. The first-order valence-electron chi connectivity index (χ1n) is 11.6. The number of aromatic nitrogens is 4. The molecular weight excluding hydrogens is 450 g/mol. The van der Waals surface area contributed by atoms with Crippen molar-refractivity contribution in [2.45, 2.75) is 42.5 Å². The molecule has 0 amide bonds. The zero-order valence-corrected chi connectivity index (χ0v) is 19.9. The van der Waals surface area contributed by atoms with E-state index in [9.17, 15) is 8.42 Å². The van der Waals surface area contributed by atoms with Crippen LogP contribution in [0.1, 0.15) is 37.2 Å². The summed E-state index contributed by atoms with van der Waals surface area (Å²) in [6.45, 7) is 0.779. The van der Waals surface area contributed by atoms with Crippen molar-refractivity contribution in [1.82, 2.24) is 24.1 Å². The highest BCUT2D eigenvalue weighted by molar-refractivity contribution is 7.90. The molecule has 1 aliphatic carbocycles. The number of nitrogens with one attached hydrogen (secondary N) is 1. The van der Waals surface area contributed by atoms with Gasteiger partial charge in [-0.2, -0.15) is 5.10 Å². The molecule has 0 aliphatic heterocycles. The minimum atomic E-state index is -3.80. The van der Waals surface area contributed by atoms with E-state index in [1.54, 1.807) is 47.4 Å². The Bertz CT molecular complexity index is 1390. The van der Waals surface area contributed by atoms with Crippen LogP contribution in [0.25, 0.3) is 22.2 Å². The Morgan fingerprint density at radius 1 is 1.09 bits per heavy atom. The van der Waals surface area contributed by atoms with Gasteiger partial charge >= 0.3 is 0 Å². The Hall–Kier alpha value is -3.01. The molecule has 1 aromatic carbocycles. The van der Waals surface area contributed by atoms with Crippen molar-refractivity contribution in [3.8, 4) is 11.1 Å². The van der Waals surface area contributed by atoms with Crippen molar-refractivity contribution in [3.63, 3.8) is 0 Å². The highest BCUT2D eigenvalue weighted by Gasteiger charge is 2.26. The second-order valence-corrected chi connectivity index (χ2v) is 10.7. The topological polar surface area (TPSA) is 102 Å². The number of benzene rings is 1. The predicted octanol–water partition coefficient (Wildman–Crippen LogP) is 3.28. The van der Waals surface area contributed by atoms with Gasteiger partial charge in [-0.3, -0.25) is 4.68 Å². The van der Waals surface area contributed by atoms with Crippen molar-refractivity contribution in [2.75, 3.05) is 13.2 Å². The minimum absolute atomic E-state index is 0.153. The number of nitrogens with zero attached hydrogens (tertiary/aromatic N) is 4. The fourth-order valence-electron chi connectivity index (χ4n) is 4.90. The first-order valence-corrected chi connectivity index (χ1v) is 13.1. The summed E-state index contributed by atoms with van der Waals surface area (Å²) in [6, 6.07) is 11.0. The summed E-state index contributed by atoms with van der Waals surface area (Å²) in [5, 5.41) is 17.6. The summed E-state index contributed by atoms with van der Waals surface area (Å²) in [5.74, 6) is 0.375. The smallest absolute Gasteiger partial charge is 0.269 e. The highest BCUT2D eigenvalue weighted by atomic mass is 32.2. The van der Waals surface area contributed by atoms with Crippen molar-refractivity contribution in [2.24, 2.45) is 7.05 Å². The lowest BCUT2D eigenvalue weighted by atomic mass is 9.82. The van der Waals surface area contributed by atoms with Gasteiger partial charge in [0.05, 0.1) is 17.7 Å². The van der Waals surface area contributed by atoms with Crippen LogP contribution in [-0.4, -0.2) is 51.5 Å². The molecule has 3 heterocycles. The molecule has 1 fully saturated rings. The van der Waals surface area contributed by atoms with E-state index in [2.05, 4.69) is 21.5 Å². The molecule has 5 rings (SSSR count). The third kappa shape index (κ3) is 4.26. The molecule has 34 heavy (non-hydrogen) atoms. The fraction of sp³-hybridized carbons (Fsp3) is 0.360. The molecule has 0 unspecified atom stereocenters. The monoisotopic (exact) mass is 479 g/mol. The van der Waals surface area contributed by atoms with Gasteiger partial charge in [0.1, 0.15) is 0 Å². The molecule has 0 atom stereocenters. The highest BCUT2D eigenvalue weighted by Crippen LogP contribution is 2.37. The Balaban J connectivity index is 1.56. The molecule has 1 saturated carbocycles. The fourth-order valence-corrected chi connectivity index (χ4v) is 6.24. The van der Waals surface area contributed by atoms with Crippen LogP contribution in [0, 0.1) is 0 Å². The Morgan fingerprint density at radius 3 is 2.53 bits per heavy atom. The maximum atomic E-state index is 13.5. The van der Waals surface area contributed by atoms with Crippen LogP contribution >= 0.6 is 0 Å². The third-order valence-electron chi connectivity index (χ3n) is 6.69. The van der Waals surface area contributed by atoms with Crippen LogP contribution in [0.15, 0.2) is 66.1 Å². The number of rotatable bonds is 7. The average molecular weight is 480 g/mol. The first-order chi connectivity index (χ1) is 16.5. The average Bonchev–Trinajstić information content (AvgIpc) is 3.47. The molecule has 8 nitrogen and oxygen atoms in total. The number of aryl methyl sites for hydroxylation is 1. The van der Waals surface area contributed by atoms with Crippen LogP contribution in [-0.2, 0) is 17.1 Å². The van der Waals surface area contributed by atoms with E-state index in [4.69, 9.17) is 5.11 Å². The van der Waals surface area contributed by atoms with E-state index in [0.29, 0.717) is 24.2 Å². The molecule has 0 spiro atoms. The summed E-state index contributed by atoms with van der Waals surface area (Å²) in [5.41, 5.74) is 3.21. The van der Waals surface area contributed by atoms with E-state index in [-0.39, 0.29) is 11.5 Å². The number of fused-ring (bicyclic) bond motifs is 1. The van der Waals surface area contributed by atoms with Crippen LogP contribution < -0.4 is 5.32 Å². The molecule has 0 radical (unpaired) electrons. The largest absolute Gasteiger partial charge is 0.395 e. The molecule has 9 heteroatoms. The summed E-state index contributed by atoms with van der Waals surface area (Å²) >= 11 is 0.